The molecule has 0 aliphatic heterocycles. The van der Waals surface area contributed by atoms with Crippen LogP contribution in [-0.4, -0.2) is 53.6 Å². The molecule has 160 valence electrons. The third-order valence-electron chi connectivity index (χ3n) is 7.11. The van der Waals surface area contributed by atoms with E-state index >= 15 is 0 Å². The SMILES string of the molecule is CC(C)(C)[Si](C)(C)OC[C@H]1[C@H](CO)[C@H](OC=O)C[C@@H]1O[Si](C)(C)C(C)(C)C. The largest absolute Gasteiger partial charge is 0.464 e. The molecule has 1 fully saturated rings. The normalized spacial score (nSPS) is 27.7. The first kappa shape index (κ1) is 24.8. The van der Waals surface area contributed by atoms with Gasteiger partial charge in [-0.25, -0.2) is 0 Å². The van der Waals surface area contributed by atoms with Gasteiger partial charge in [0.1, 0.15) is 6.10 Å². The standard InChI is InChI=1S/C20H42O5Si2/c1-19(2,3)26(7,8)24-13-16-15(12-21)17(23-14-22)11-18(16)25-27(9,10)20(4,5)6/h14-18,21H,11-13H2,1-10H3/t15-,16-,17+,18-/m0/s1. The van der Waals surface area contributed by atoms with Crippen molar-refractivity contribution < 1.29 is 23.5 Å². The highest BCUT2D eigenvalue weighted by Gasteiger charge is 2.50. The molecule has 27 heavy (non-hydrogen) atoms. The lowest BCUT2D eigenvalue weighted by Crippen LogP contribution is -2.47. The first-order valence-corrected chi connectivity index (χ1v) is 15.9. The van der Waals surface area contributed by atoms with Crippen molar-refractivity contribution in [2.24, 2.45) is 11.8 Å². The zero-order valence-corrected chi connectivity index (χ0v) is 21.1. The number of aliphatic hydroxyl groups excluding tert-OH is 1. The number of carbonyl (C=O) groups is 1. The number of hydrogen-bond acceptors (Lipinski definition) is 5. The summed E-state index contributed by atoms with van der Waals surface area (Å²) in [5, 5.41) is 10.2. The quantitative estimate of drug-likeness (QED) is 0.462. The van der Waals surface area contributed by atoms with Crippen molar-refractivity contribution in [1.29, 1.82) is 0 Å². The van der Waals surface area contributed by atoms with Crippen LogP contribution >= 0.6 is 0 Å². The van der Waals surface area contributed by atoms with Gasteiger partial charge in [-0.1, -0.05) is 41.5 Å². The van der Waals surface area contributed by atoms with Gasteiger partial charge in [0.2, 0.25) is 0 Å². The molecule has 0 bridgehead atoms. The Morgan fingerprint density at radius 1 is 0.926 bits per heavy atom. The summed E-state index contributed by atoms with van der Waals surface area (Å²) in [5.41, 5.74) is 0. The Bertz CT molecular complexity index is 494. The molecule has 0 aromatic rings. The van der Waals surface area contributed by atoms with E-state index in [0.717, 1.165) is 0 Å². The minimum absolute atomic E-state index is 0.0264. The molecular formula is C20H42O5Si2. The molecule has 0 radical (unpaired) electrons. The van der Waals surface area contributed by atoms with E-state index in [9.17, 15) is 9.90 Å². The van der Waals surface area contributed by atoms with Gasteiger partial charge in [0.05, 0.1) is 6.10 Å². The highest BCUT2D eigenvalue weighted by Crippen LogP contribution is 2.44. The summed E-state index contributed by atoms with van der Waals surface area (Å²) in [6.07, 6.45) is 0.259. The first-order valence-electron chi connectivity index (χ1n) is 10.1. The molecule has 0 heterocycles. The molecule has 0 aromatic heterocycles. The molecule has 1 saturated carbocycles. The van der Waals surface area contributed by atoms with Crippen molar-refractivity contribution >= 4 is 23.1 Å². The van der Waals surface area contributed by atoms with E-state index in [1.165, 1.54) is 0 Å². The van der Waals surface area contributed by atoms with Crippen LogP contribution < -0.4 is 0 Å². The second kappa shape index (κ2) is 8.65. The van der Waals surface area contributed by atoms with Gasteiger partial charge in [-0.15, -0.1) is 0 Å². The van der Waals surface area contributed by atoms with Crippen LogP contribution in [0.1, 0.15) is 48.0 Å². The summed E-state index contributed by atoms with van der Waals surface area (Å²) in [7, 11) is -3.90. The van der Waals surface area contributed by atoms with Gasteiger partial charge in [-0.3, -0.25) is 4.79 Å². The van der Waals surface area contributed by atoms with E-state index in [0.29, 0.717) is 19.5 Å². The molecule has 1 rings (SSSR count). The third kappa shape index (κ3) is 5.88. The van der Waals surface area contributed by atoms with Gasteiger partial charge in [0.25, 0.3) is 6.47 Å². The predicted octanol–water partition coefficient (Wildman–Crippen LogP) is 4.57. The Morgan fingerprint density at radius 2 is 1.44 bits per heavy atom. The Labute approximate surface area is 168 Å². The molecule has 0 amide bonds. The highest BCUT2D eigenvalue weighted by molar-refractivity contribution is 6.74. The van der Waals surface area contributed by atoms with Crippen molar-refractivity contribution in [1.82, 2.24) is 0 Å². The molecule has 1 aliphatic rings. The molecule has 1 N–H and O–H groups in total. The van der Waals surface area contributed by atoms with Crippen LogP contribution in [0.15, 0.2) is 0 Å². The van der Waals surface area contributed by atoms with Crippen LogP contribution in [0.5, 0.6) is 0 Å². The summed E-state index contributed by atoms with van der Waals surface area (Å²) in [4.78, 5) is 11.0. The predicted molar refractivity (Wildman–Crippen MR) is 115 cm³/mol. The minimum Gasteiger partial charge on any atom is -0.464 e. The lowest BCUT2D eigenvalue weighted by Gasteiger charge is -2.41. The first-order chi connectivity index (χ1) is 12.1. The maximum atomic E-state index is 11.0. The van der Waals surface area contributed by atoms with Crippen molar-refractivity contribution in [3.63, 3.8) is 0 Å². The molecule has 1 aliphatic carbocycles. The van der Waals surface area contributed by atoms with Gasteiger partial charge < -0.3 is 18.7 Å². The molecule has 0 saturated heterocycles. The zero-order valence-electron chi connectivity index (χ0n) is 19.1. The van der Waals surface area contributed by atoms with Crippen molar-refractivity contribution in [2.45, 2.75) is 96.4 Å². The van der Waals surface area contributed by atoms with E-state index in [2.05, 4.69) is 67.7 Å². The van der Waals surface area contributed by atoms with Gasteiger partial charge >= 0.3 is 0 Å². The number of ether oxygens (including phenoxy) is 1. The monoisotopic (exact) mass is 418 g/mol. The molecule has 0 unspecified atom stereocenters. The lowest BCUT2D eigenvalue weighted by molar-refractivity contribution is -0.136. The summed E-state index contributed by atoms with van der Waals surface area (Å²) < 4.78 is 18.5. The van der Waals surface area contributed by atoms with Crippen LogP contribution in [0, 0.1) is 11.8 Å². The highest BCUT2D eigenvalue weighted by atomic mass is 28.4. The fourth-order valence-corrected chi connectivity index (χ4v) is 5.48. The van der Waals surface area contributed by atoms with E-state index in [1.807, 2.05) is 0 Å². The fourth-order valence-electron chi connectivity index (χ4n) is 3.05. The maximum absolute atomic E-state index is 11.0. The number of carbonyl (C=O) groups excluding carboxylic acids is 1. The molecule has 0 aromatic carbocycles. The second-order valence-corrected chi connectivity index (χ2v) is 20.6. The second-order valence-electron chi connectivity index (χ2n) is 11.0. The Balaban J connectivity index is 3.05. The van der Waals surface area contributed by atoms with Crippen LogP contribution in [0.2, 0.25) is 36.3 Å². The van der Waals surface area contributed by atoms with E-state index in [-0.39, 0.29) is 40.7 Å². The smallest absolute Gasteiger partial charge is 0.293 e. The van der Waals surface area contributed by atoms with Crippen LogP contribution in [-0.2, 0) is 18.4 Å². The van der Waals surface area contributed by atoms with Gasteiger partial charge in [-0.2, -0.15) is 0 Å². The van der Waals surface area contributed by atoms with Crippen LogP contribution in [0.3, 0.4) is 0 Å². The van der Waals surface area contributed by atoms with Crippen molar-refractivity contribution in [3.05, 3.63) is 0 Å². The number of hydrogen-bond donors (Lipinski definition) is 1. The minimum atomic E-state index is -1.99. The zero-order chi connectivity index (χ0) is 21.3. The average molecular weight is 419 g/mol. The van der Waals surface area contributed by atoms with Crippen molar-refractivity contribution in [3.8, 4) is 0 Å². The topological polar surface area (TPSA) is 65.0 Å². The van der Waals surface area contributed by atoms with Gasteiger partial charge in [0.15, 0.2) is 16.6 Å². The van der Waals surface area contributed by atoms with E-state index < -0.39 is 16.6 Å². The number of rotatable bonds is 8. The van der Waals surface area contributed by atoms with Gasteiger partial charge in [0, 0.05) is 31.5 Å². The molecule has 4 atom stereocenters. The van der Waals surface area contributed by atoms with Crippen LogP contribution in [0.25, 0.3) is 0 Å². The fraction of sp³-hybridized carbons (Fsp3) is 0.950. The molecule has 0 spiro atoms. The average Bonchev–Trinajstić information content (AvgIpc) is 2.79. The summed E-state index contributed by atoms with van der Waals surface area (Å²) >= 11 is 0. The lowest BCUT2D eigenvalue weighted by atomic mass is 9.95. The maximum Gasteiger partial charge on any atom is 0.293 e. The van der Waals surface area contributed by atoms with Gasteiger partial charge in [-0.05, 0) is 36.3 Å². The molecular weight excluding hydrogens is 376 g/mol. The van der Waals surface area contributed by atoms with Crippen molar-refractivity contribution in [2.75, 3.05) is 13.2 Å². The summed E-state index contributed by atoms with van der Waals surface area (Å²) in [5.74, 6) is -0.113. The Morgan fingerprint density at radius 3 is 1.85 bits per heavy atom. The van der Waals surface area contributed by atoms with E-state index in [4.69, 9.17) is 13.6 Å². The molecule has 5 nitrogen and oxygen atoms in total. The Kier molecular flexibility index (Phi) is 7.95. The Hall–Kier alpha value is -0.216. The van der Waals surface area contributed by atoms with E-state index in [1.54, 1.807) is 0 Å². The summed E-state index contributed by atoms with van der Waals surface area (Å²) in [6.45, 7) is 23.3. The third-order valence-corrected chi connectivity index (χ3v) is 16.1. The number of aliphatic hydroxyl groups is 1. The van der Waals surface area contributed by atoms with Crippen LogP contribution in [0.4, 0.5) is 0 Å². The molecule has 7 heteroatoms. The summed E-state index contributed by atoms with van der Waals surface area (Å²) in [6, 6.07) is 0.